The number of amidine groups is 1. The Hall–Kier alpha value is -3.46. The Labute approximate surface area is 180 Å². The summed E-state index contributed by atoms with van der Waals surface area (Å²) in [5.74, 6) is 0.685. The third-order valence-electron chi connectivity index (χ3n) is 5.52. The number of aryl methyl sites for hydroxylation is 1. The molecule has 0 radical (unpaired) electrons. The number of aromatic nitrogens is 2. The van der Waals surface area contributed by atoms with Crippen LogP contribution in [0.15, 0.2) is 63.9 Å². The standard InChI is InChI=1S/C22H21N5O3S/c1-26(22-17-10-5-6-13-19(17)31(29,30)25-22)14-20(28)23-21-16-11-7-12-18(16)24-27(21)15-8-3-2-4-9-15/h2-6,8-10,13H,7,11-12,14H2,1H3,(H,23,28). The van der Waals surface area contributed by atoms with E-state index in [1.54, 1.807) is 34.8 Å². The molecule has 0 atom stereocenters. The van der Waals surface area contributed by atoms with E-state index in [2.05, 4.69) is 9.71 Å². The molecule has 158 valence electrons. The number of fused-ring (bicyclic) bond motifs is 2. The van der Waals surface area contributed by atoms with Crippen LogP contribution in [0.2, 0.25) is 0 Å². The molecule has 1 aliphatic heterocycles. The van der Waals surface area contributed by atoms with Gasteiger partial charge in [-0.25, -0.2) is 4.68 Å². The topological polar surface area (TPSA) is 96.7 Å². The largest absolute Gasteiger partial charge is 0.349 e. The Balaban J connectivity index is 1.40. The normalized spacial score (nSPS) is 15.8. The summed E-state index contributed by atoms with van der Waals surface area (Å²) in [6, 6.07) is 16.3. The first-order valence-electron chi connectivity index (χ1n) is 10.1. The van der Waals surface area contributed by atoms with Gasteiger partial charge in [0, 0.05) is 18.2 Å². The molecule has 0 saturated heterocycles. The first-order chi connectivity index (χ1) is 14.9. The van der Waals surface area contributed by atoms with E-state index < -0.39 is 10.0 Å². The average molecular weight is 436 g/mol. The van der Waals surface area contributed by atoms with Crippen molar-refractivity contribution >= 4 is 27.6 Å². The van der Waals surface area contributed by atoms with Crippen LogP contribution in [0.3, 0.4) is 0 Å². The molecule has 0 saturated carbocycles. The molecule has 1 aliphatic carbocycles. The summed E-state index contributed by atoms with van der Waals surface area (Å²) in [4.78, 5) is 14.7. The summed E-state index contributed by atoms with van der Waals surface area (Å²) >= 11 is 0. The summed E-state index contributed by atoms with van der Waals surface area (Å²) in [7, 11) is -2.07. The van der Waals surface area contributed by atoms with Crippen molar-refractivity contribution < 1.29 is 13.2 Å². The second-order valence-electron chi connectivity index (χ2n) is 7.67. The predicted molar refractivity (Wildman–Crippen MR) is 117 cm³/mol. The molecular weight excluding hydrogens is 414 g/mol. The molecule has 0 spiro atoms. The number of carbonyl (C=O) groups excluding carboxylic acids is 1. The number of nitrogens with zero attached hydrogens (tertiary/aromatic N) is 4. The number of para-hydroxylation sites is 1. The van der Waals surface area contributed by atoms with Gasteiger partial charge in [0.25, 0.3) is 10.0 Å². The highest BCUT2D eigenvalue weighted by atomic mass is 32.2. The van der Waals surface area contributed by atoms with Crippen LogP contribution in [0.4, 0.5) is 5.82 Å². The number of benzene rings is 2. The molecule has 3 aromatic rings. The fourth-order valence-electron chi connectivity index (χ4n) is 4.10. The van der Waals surface area contributed by atoms with Crippen molar-refractivity contribution in [2.24, 2.45) is 4.40 Å². The summed E-state index contributed by atoms with van der Waals surface area (Å²) in [5.41, 5.74) is 3.45. The molecule has 5 rings (SSSR count). The van der Waals surface area contributed by atoms with Gasteiger partial charge in [-0.1, -0.05) is 30.3 Å². The summed E-state index contributed by atoms with van der Waals surface area (Å²) in [5, 5.41) is 7.71. The van der Waals surface area contributed by atoms with Crippen LogP contribution >= 0.6 is 0 Å². The Bertz CT molecular complexity index is 1310. The summed E-state index contributed by atoms with van der Waals surface area (Å²) < 4.78 is 30.3. The fraction of sp³-hybridized carbons (Fsp3) is 0.227. The molecule has 2 aliphatic rings. The monoisotopic (exact) mass is 435 g/mol. The van der Waals surface area contributed by atoms with Gasteiger partial charge in [0.1, 0.15) is 10.7 Å². The third-order valence-corrected chi connectivity index (χ3v) is 6.85. The number of sulfonamides is 1. The second kappa shape index (κ2) is 7.35. The van der Waals surface area contributed by atoms with Crippen molar-refractivity contribution in [3.8, 4) is 5.69 Å². The lowest BCUT2D eigenvalue weighted by atomic mass is 10.2. The van der Waals surface area contributed by atoms with Crippen LogP contribution in [0, 0.1) is 0 Å². The van der Waals surface area contributed by atoms with Gasteiger partial charge in [0.05, 0.1) is 17.9 Å². The number of amides is 1. The van der Waals surface area contributed by atoms with E-state index in [1.165, 1.54) is 6.07 Å². The van der Waals surface area contributed by atoms with Gasteiger partial charge in [0.2, 0.25) is 5.91 Å². The molecule has 9 heteroatoms. The minimum Gasteiger partial charge on any atom is -0.349 e. The Kier molecular flexibility index (Phi) is 4.62. The minimum atomic E-state index is -3.74. The van der Waals surface area contributed by atoms with Crippen LogP contribution < -0.4 is 5.32 Å². The molecule has 1 amide bonds. The predicted octanol–water partition coefficient (Wildman–Crippen LogP) is 2.38. The summed E-state index contributed by atoms with van der Waals surface area (Å²) in [6.45, 7) is -0.0442. The highest BCUT2D eigenvalue weighted by Gasteiger charge is 2.31. The van der Waals surface area contributed by atoms with Gasteiger partial charge >= 0.3 is 0 Å². The van der Waals surface area contributed by atoms with Crippen LogP contribution in [0.1, 0.15) is 23.2 Å². The van der Waals surface area contributed by atoms with Gasteiger partial charge in [-0.2, -0.15) is 13.5 Å². The third kappa shape index (κ3) is 3.40. The molecule has 8 nitrogen and oxygen atoms in total. The maximum atomic E-state index is 12.9. The van der Waals surface area contributed by atoms with E-state index in [-0.39, 0.29) is 23.2 Å². The number of carbonyl (C=O) groups is 1. The number of likely N-dealkylation sites (N-methyl/N-ethyl adjacent to an activating group) is 1. The molecule has 2 aromatic carbocycles. The zero-order valence-corrected chi connectivity index (χ0v) is 17.8. The van der Waals surface area contributed by atoms with Gasteiger partial charge < -0.3 is 10.2 Å². The number of rotatable bonds is 4. The quantitative estimate of drug-likeness (QED) is 0.679. The van der Waals surface area contributed by atoms with E-state index >= 15 is 0 Å². The first-order valence-corrected chi connectivity index (χ1v) is 11.5. The number of hydrogen-bond acceptors (Lipinski definition) is 5. The second-order valence-corrected chi connectivity index (χ2v) is 9.24. The van der Waals surface area contributed by atoms with Crippen LogP contribution in [0.25, 0.3) is 5.69 Å². The number of nitrogens with one attached hydrogen (secondary N) is 1. The average Bonchev–Trinajstić information content (AvgIpc) is 3.42. The highest BCUT2D eigenvalue weighted by molar-refractivity contribution is 7.90. The van der Waals surface area contributed by atoms with Gasteiger partial charge in [-0.3, -0.25) is 4.79 Å². The Morgan fingerprint density at radius 3 is 2.65 bits per heavy atom. The molecular formula is C22H21N5O3S. The van der Waals surface area contributed by atoms with E-state index in [1.807, 2.05) is 30.3 Å². The van der Waals surface area contributed by atoms with E-state index in [9.17, 15) is 13.2 Å². The molecule has 1 aromatic heterocycles. The van der Waals surface area contributed by atoms with Crippen LogP contribution in [-0.4, -0.2) is 48.4 Å². The zero-order valence-electron chi connectivity index (χ0n) is 16.9. The summed E-state index contributed by atoms with van der Waals surface area (Å²) in [6.07, 6.45) is 2.77. The molecule has 0 fully saturated rings. The van der Waals surface area contributed by atoms with Crippen molar-refractivity contribution in [1.82, 2.24) is 14.7 Å². The van der Waals surface area contributed by atoms with Gasteiger partial charge in [-0.15, -0.1) is 4.40 Å². The molecule has 0 unspecified atom stereocenters. The fourth-order valence-corrected chi connectivity index (χ4v) is 5.35. The maximum absolute atomic E-state index is 12.9. The van der Waals surface area contributed by atoms with Gasteiger partial charge in [-0.05, 0) is 43.5 Å². The van der Waals surface area contributed by atoms with E-state index in [0.717, 1.165) is 36.2 Å². The van der Waals surface area contributed by atoms with Crippen molar-refractivity contribution in [3.63, 3.8) is 0 Å². The first kappa shape index (κ1) is 19.5. The van der Waals surface area contributed by atoms with Crippen LogP contribution in [0.5, 0.6) is 0 Å². The smallest absolute Gasteiger partial charge is 0.285 e. The molecule has 1 N–H and O–H groups in total. The highest BCUT2D eigenvalue weighted by Crippen LogP contribution is 2.31. The minimum absolute atomic E-state index is 0.0442. The number of hydrogen-bond donors (Lipinski definition) is 1. The lowest BCUT2D eigenvalue weighted by molar-refractivity contribution is -0.116. The maximum Gasteiger partial charge on any atom is 0.285 e. The Morgan fingerprint density at radius 1 is 1.10 bits per heavy atom. The Morgan fingerprint density at radius 2 is 1.84 bits per heavy atom. The van der Waals surface area contributed by atoms with Crippen molar-refractivity contribution in [3.05, 3.63) is 71.4 Å². The molecule has 2 heterocycles. The number of anilines is 1. The lowest BCUT2D eigenvalue weighted by Gasteiger charge is -2.19. The molecule has 0 bridgehead atoms. The van der Waals surface area contributed by atoms with E-state index in [0.29, 0.717) is 11.4 Å². The molecule has 31 heavy (non-hydrogen) atoms. The zero-order chi connectivity index (χ0) is 21.6. The van der Waals surface area contributed by atoms with Crippen molar-refractivity contribution in [2.75, 3.05) is 18.9 Å². The van der Waals surface area contributed by atoms with Gasteiger partial charge in [0.15, 0.2) is 5.84 Å². The van der Waals surface area contributed by atoms with E-state index in [4.69, 9.17) is 5.10 Å². The SMILES string of the molecule is CN(CC(=O)Nc1c2c(nn1-c1ccccc1)CCC2)C1=NS(=O)(=O)c2ccccc21. The van der Waals surface area contributed by atoms with Crippen LogP contribution in [-0.2, 0) is 27.7 Å². The van der Waals surface area contributed by atoms with Crippen molar-refractivity contribution in [2.45, 2.75) is 24.2 Å². The lowest BCUT2D eigenvalue weighted by Crippen LogP contribution is -2.35. The van der Waals surface area contributed by atoms with Crippen molar-refractivity contribution in [1.29, 1.82) is 0 Å².